The van der Waals surface area contributed by atoms with Gasteiger partial charge in [0.05, 0.1) is 17.3 Å². The Bertz CT molecular complexity index is 716. The fraction of sp³-hybridized carbons (Fsp3) is 0.429. The fourth-order valence-corrected chi connectivity index (χ4v) is 2.23. The third kappa shape index (κ3) is 4.56. The predicted octanol–water partition coefficient (Wildman–Crippen LogP) is 2.45. The number of rotatable bonds is 4. The third-order valence-electron chi connectivity index (χ3n) is 3.52. The molecule has 12 heteroatoms. The zero-order chi connectivity index (χ0) is 19.7. The number of anilines is 1. The van der Waals surface area contributed by atoms with Gasteiger partial charge >= 0.3 is 18.4 Å². The Morgan fingerprint density at radius 1 is 1.27 bits per heavy atom. The van der Waals surface area contributed by atoms with Gasteiger partial charge in [-0.1, -0.05) is 6.07 Å². The molecule has 6 nitrogen and oxygen atoms in total. The minimum atomic E-state index is -4.96. The highest BCUT2D eigenvalue weighted by Crippen LogP contribution is 2.36. The standard InChI is InChI=1S/C14H14F6N4O2/c1-6-11(23-24-12(26)22-6)7-2-3-9(8(4-7)13(15,16)17)21-5-10(25)14(18,19)20/h2-4,6,10,21,25H,5H2,1H3,(H2,22,24,26)/t6-,10+/m0/s1. The van der Waals surface area contributed by atoms with Crippen molar-refractivity contribution in [1.82, 2.24) is 10.7 Å². The van der Waals surface area contributed by atoms with E-state index in [0.29, 0.717) is 6.07 Å². The van der Waals surface area contributed by atoms with Crippen LogP contribution < -0.4 is 16.1 Å². The Morgan fingerprint density at radius 2 is 1.92 bits per heavy atom. The molecule has 0 aromatic heterocycles. The van der Waals surface area contributed by atoms with Crippen LogP contribution in [0.5, 0.6) is 0 Å². The zero-order valence-electron chi connectivity index (χ0n) is 13.2. The van der Waals surface area contributed by atoms with E-state index in [4.69, 9.17) is 5.11 Å². The van der Waals surface area contributed by atoms with Gasteiger partial charge < -0.3 is 15.7 Å². The van der Waals surface area contributed by atoms with Crippen LogP contribution in [0.3, 0.4) is 0 Å². The highest BCUT2D eigenvalue weighted by molar-refractivity contribution is 6.07. The summed E-state index contributed by atoms with van der Waals surface area (Å²) in [6.07, 6.45) is -12.6. The van der Waals surface area contributed by atoms with Gasteiger partial charge in [0.15, 0.2) is 6.10 Å². The summed E-state index contributed by atoms with van der Waals surface area (Å²) in [6, 6.07) is 1.57. The summed E-state index contributed by atoms with van der Waals surface area (Å²) in [7, 11) is 0. The van der Waals surface area contributed by atoms with E-state index in [9.17, 15) is 31.1 Å². The molecule has 0 fully saturated rings. The van der Waals surface area contributed by atoms with Gasteiger partial charge in [-0.2, -0.15) is 31.4 Å². The average Bonchev–Trinajstić information content (AvgIpc) is 2.50. The lowest BCUT2D eigenvalue weighted by atomic mass is 10.00. The van der Waals surface area contributed by atoms with Crippen LogP contribution in [-0.4, -0.2) is 41.7 Å². The molecule has 2 rings (SSSR count). The Labute approximate surface area is 143 Å². The minimum absolute atomic E-state index is 0.0271. The number of nitrogens with one attached hydrogen (secondary N) is 3. The second-order valence-electron chi connectivity index (χ2n) is 5.50. The molecular formula is C14H14F6N4O2. The molecule has 0 bridgehead atoms. The number of halogens is 6. The molecule has 144 valence electrons. The molecule has 2 amide bonds. The molecule has 1 heterocycles. The number of hydrogen-bond donors (Lipinski definition) is 4. The van der Waals surface area contributed by atoms with Gasteiger partial charge in [0.2, 0.25) is 0 Å². The second-order valence-corrected chi connectivity index (χ2v) is 5.50. The highest BCUT2D eigenvalue weighted by atomic mass is 19.4. The van der Waals surface area contributed by atoms with Crippen LogP contribution in [0, 0.1) is 0 Å². The smallest absolute Gasteiger partial charge is 0.382 e. The summed E-state index contributed by atoms with van der Waals surface area (Å²) >= 11 is 0. The molecule has 0 unspecified atom stereocenters. The van der Waals surface area contributed by atoms with Crippen molar-refractivity contribution < 1.29 is 36.2 Å². The van der Waals surface area contributed by atoms with Crippen molar-refractivity contribution in [2.75, 3.05) is 11.9 Å². The number of benzene rings is 1. The van der Waals surface area contributed by atoms with E-state index in [0.717, 1.165) is 6.07 Å². The van der Waals surface area contributed by atoms with Crippen LogP contribution in [-0.2, 0) is 6.18 Å². The Balaban J connectivity index is 2.32. The van der Waals surface area contributed by atoms with Crippen LogP contribution in [0.25, 0.3) is 0 Å². The molecule has 0 aliphatic carbocycles. The van der Waals surface area contributed by atoms with Crippen LogP contribution in [0.15, 0.2) is 23.3 Å². The third-order valence-corrected chi connectivity index (χ3v) is 3.52. The number of aliphatic hydroxyl groups excluding tert-OH is 1. The lowest BCUT2D eigenvalue weighted by Gasteiger charge is -2.23. The maximum absolute atomic E-state index is 13.3. The number of carbonyl (C=O) groups is 1. The lowest BCUT2D eigenvalue weighted by molar-refractivity contribution is -0.198. The number of nitrogens with zero attached hydrogens (tertiary/aromatic N) is 1. The Kier molecular flexibility index (Phi) is 5.35. The molecule has 26 heavy (non-hydrogen) atoms. The largest absolute Gasteiger partial charge is 0.418 e. The number of urea groups is 1. The number of hydrogen-bond acceptors (Lipinski definition) is 4. The molecule has 0 spiro atoms. The topological polar surface area (TPSA) is 85.8 Å². The van der Waals surface area contributed by atoms with Crippen molar-refractivity contribution in [2.24, 2.45) is 5.10 Å². The summed E-state index contributed by atoms with van der Waals surface area (Å²) in [5.41, 5.74) is 0.377. The van der Waals surface area contributed by atoms with Crippen molar-refractivity contribution in [3.05, 3.63) is 29.3 Å². The van der Waals surface area contributed by atoms with E-state index in [1.807, 2.05) is 5.32 Å². The SMILES string of the molecule is C[C@@H]1NC(=O)NN=C1c1ccc(NC[C@@H](O)C(F)(F)F)c(C(F)(F)F)c1. The van der Waals surface area contributed by atoms with Crippen LogP contribution >= 0.6 is 0 Å². The Hall–Kier alpha value is -2.50. The molecule has 1 aromatic carbocycles. The van der Waals surface area contributed by atoms with Gasteiger partial charge in [-0.05, 0) is 19.1 Å². The maximum Gasteiger partial charge on any atom is 0.418 e. The van der Waals surface area contributed by atoms with Crippen LogP contribution in [0.1, 0.15) is 18.1 Å². The summed E-state index contributed by atoms with van der Waals surface area (Å²) in [5, 5.41) is 17.0. The van der Waals surface area contributed by atoms with Gasteiger partial charge in [-0.25, -0.2) is 10.2 Å². The van der Waals surface area contributed by atoms with Gasteiger partial charge in [-0.15, -0.1) is 0 Å². The van der Waals surface area contributed by atoms with Crippen molar-refractivity contribution in [3.63, 3.8) is 0 Å². The Morgan fingerprint density at radius 3 is 2.46 bits per heavy atom. The van der Waals surface area contributed by atoms with E-state index < -0.39 is 48.3 Å². The van der Waals surface area contributed by atoms with E-state index in [1.165, 1.54) is 13.0 Å². The average molecular weight is 384 g/mol. The first-order chi connectivity index (χ1) is 11.9. The van der Waals surface area contributed by atoms with Crippen molar-refractivity contribution in [2.45, 2.75) is 31.4 Å². The fourth-order valence-electron chi connectivity index (χ4n) is 2.23. The van der Waals surface area contributed by atoms with Crippen LogP contribution in [0.2, 0.25) is 0 Å². The first-order valence-corrected chi connectivity index (χ1v) is 7.24. The maximum atomic E-state index is 13.3. The zero-order valence-corrected chi connectivity index (χ0v) is 13.2. The molecule has 2 atom stereocenters. The summed E-state index contributed by atoms with van der Waals surface area (Å²) in [5.74, 6) is 0. The molecule has 1 aliphatic heterocycles. The lowest BCUT2D eigenvalue weighted by Crippen LogP contribution is -2.48. The highest BCUT2D eigenvalue weighted by Gasteiger charge is 2.39. The molecule has 0 radical (unpaired) electrons. The summed E-state index contributed by atoms with van der Waals surface area (Å²) in [4.78, 5) is 11.1. The first-order valence-electron chi connectivity index (χ1n) is 7.24. The van der Waals surface area contributed by atoms with E-state index in [-0.39, 0.29) is 11.3 Å². The monoisotopic (exact) mass is 384 g/mol. The number of alkyl halides is 6. The summed E-state index contributed by atoms with van der Waals surface area (Å²) in [6.45, 7) is 0.373. The number of carbonyl (C=O) groups excluding carboxylic acids is 1. The molecule has 0 saturated carbocycles. The number of aliphatic hydroxyl groups is 1. The molecular weight excluding hydrogens is 370 g/mol. The van der Waals surface area contributed by atoms with E-state index >= 15 is 0 Å². The molecule has 4 N–H and O–H groups in total. The van der Waals surface area contributed by atoms with Crippen molar-refractivity contribution >= 4 is 17.4 Å². The quantitative estimate of drug-likeness (QED) is 0.602. The van der Waals surface area contributed by atoms with Gasteiger partial charge in [-0.3, -0.25) is 0 Å². The van der Waals surface area contributed by atoms with Gasteiger partial charge in [0.25, 0.3) is 0 Å². The molecule has 1 aromatic rings. The normalized spacial score (nSPS) is 19.3. The van der Waals surface area contributed by atoms with Crippen LogP contribution in [0.4, 0.5) is 36.8 Å². The molecule has 1 aliphatic rings. The van der Waals surface area contributed by atoms with Crippen molar-refractivity contribution in [3.8, 4) is 0 Å². The molecule has 0 saturated heterocycles. The second kappa shape index (κ2) is 7.02. The van der Waals surface area contributed by atoms with E-state index in [2.05, 4.69) is 15.8 Å². The minimum Gasteiger partial charge on any atom is -0.382 e. The number of hydrazone groups is 1. The first kappa shape index (κ1) is 19.8. The predicted molar refractivity (Wildman–Crippen MR) is 79.7 cm³/mol. The summed E-state index contributed by atoms with van der Waals surface area (Å²) < 4.78 is 76.7. The van der Waals surface area contributed by atoms with Gasteiger partial charge in [0.1, 0.15) is 0 Å². The number of amides is 2. The van der Waals surface area contributed by atoms with E-state index in [1.54, 1.807) is 0 Å². The van der Waals surface area contributed by atoms with Gasteiger partial charge in [0, 0.05) is 17.8 Å². The van der Waals surface area contributed by atoms with Crippen molar-refractivity contribution in [1.29, 1.82) is 0 Å².